The minimum absolute atomic E-state index is 0.0156. The predicted octanol–water partition coefficient (Wildman–Crippen LogP) is 3.01. The molecule has 1 aliphatic rings. The smallest absolute Gasteiger partial charge is 0.241 e. The van der Waals surface area contributed by atoms with Gasteiger partial charge >= 0.3 is 0 Å². The number of hydrogen-bond acceptors (Lipinski definition) is 3. The maximum Gasteiger partial charge on any atom is 0.241 e. The van der Waals surface area contributed by atoms with Crippen LogP contribution in [0.4, 0.5) is 11.4 Å². The van der Waals surface area contributed by atoms with Crippen molar-refractivity contribution in [3.05, 3.63) is 23.8 Å². The fourth-order valence-corrected chi connectivity index (χ4v) is 2.84. The summed E-state index contributed by atoms with van der Waals surface area (Å²) in [6.07, 6.45) is 2.74. The second-order valence-electron chi connectivity index (χ2n) is 6.37. The number of carbonyl (C=O) groups excluding carboxylic acids is 2. The van der Waals surface area contributed by atoms with Gasteiger partial charge in [0, 0.05) is 30.9 Å². The van der Waals surface area contributed by atoms with Gasteiger partial charge < -0.3 is 15.5 Å². The van der Waals surface area contributed by atoms with E-state index >= 15 is 0 Å². The van der Waals surface area contributed by atoms with Crippen LogP contribution in [-0.2, 0) is 9.59 Å². The van der Waals surface area contributed by atoms with Crippen molar-refractivity contribution in [1.82, 2.24) is 4.90 Å². The van der Waals surface area contributed by atoms with E-state index in [1.807, 2.05) is 36.9 Å². The van der Waals surface area contributed by atoms with Crippen molar-refractivity contribution in [2.45, 2.75) is 40.0 Å². The van der Waals surface area contributed by atoms with Gasteiger partial charge in [0.2, 0.25) is 11.8 Å². The van der Waals surface area contributed by atoms with Crippen LogP contribution >= 0.6 is 0 Å². The molecule has 1 atom stereocenters. The average molecular weight is 317 g/mol. The quantitative estimate of drug-likeness (QED) is 0.877. The third-order valence-corrected chi connectivity index (χ3v) is 4.28. The lowest BCUT2D eigenvalue weighted by molar-refractivity contribution is -0.131. The Morgan fingerprint density at radius 3 is 2.83 bits per heavy atom. The first kappa shape index (κ1) is 17.3. The Hall–Kier alpha value is -2.04. The molecule has 1 aliphatic heterocycles. The molecule has 1 saturated heterocycles. The number of carbonyl (C=O) groups is 2. The van der Waals surface area contributed by atoms with Gasteiger partial charge in [0.1, 0.15) is 0 Å². The van der Waals surface area contributed by atoms with E-state index in [2.05, 4.69) is 17.6 Å². The topological polar surface area (TPSA) is 61.4 Å². The number of amides is 2. The molecule has 1 aromatic rings. The lowest BCUT2D eigenvalue weighted by atomic mass is 10.0. The molecule has 0 radical (unpaired) electrons. The fraction of sp³-hybridized carbons (Fsp3) is 0.556. The summed E-state index contributed by atoms with van der Waals surface area (Å²) in [4.78, 5) is 25.8. The highest BCUT2D eigenvalue weighted by Crippen LogP contribution is 2.21. The third-order valence-electron chi connectivity index (χ3n) is 4.28. The molecule has 1 heterocycles. The molecule has 0 bridgehead atoms. The third kappa shape index (κ3) is 4.98. The van der Waals surface area contributed by atoms with Crippen LogP contribution < -0.4 is 10.6 Å². The number of hydrogen-bond donors (Lipinski definition) is 2. The van der Waals surface area contributed by atoms with Crippen LogP contribution in [0.2, 0.25) is 0 Å². The van der Waals surface area contributed by atoms with Gasteiger partial charge in [-0.15, -0.1) is 0 Å². The molecular weight excluding hydrogens is 290 g/mol. The molecule has 0 aromatic heterocycles. The first-order valence-electron chi connectivity index (χ1n) is 8.41. The molecule has 1 aromatic carbocycles. The summed E-state index contributed by atoms with van der Waals surface area (Å²) in [6.45, 7) is 8.00. The molecule has 5 heteroatoms. The van der Waals surface area contributed by atoms with Gasteiger partial charge in [0.15, 0.2) is 0 Å². The van der Waals surface area contributed by atoms with E-state index in [1.54, 1.807) is 0 Å². The molecule has 0 aliphatic carbocycles. The van der Waals surface area contributed by atoms with Crippen molar-refractivity contribution in [3.8, 4) is 0 Å². The molecule has 0 unspecified atom stereocenters. The minimum Gasteiger partial charge on any atom is -0.376 e. The average Bonchev–Trinajstić information content (AvgIpc) is 2.54. The molecular formula is C18H27N3O2. The second kappa shape index (κ2) is 7.99. The summed E-state index contributed by atoms with van der Waals surface area (Å²) >= 11 is 0. The molecule has 23 heavy (non-hydrogen) atoms. The van der Waals surface area contributed by atoms with Gasteiger partial charge in [-0.1, -0.05) is 19.9 Å². The lowest BCUT2D eigenvalue weighted by Crippen LogP contribution is -2.42. The van der Waals surface area contributed by atoms with Gasteiger partial charge in [0.25, 0.3) is 0 Å². The minimum atomic E-state index is -0.0156. The van der Waals surface area contributed by atoms with Crippen LogP contribution in [0, 0.1) is 12.8 Å². The van der Waals surface area contributed by atoms with Gasteiger partial charge in [-0.3, -0.25) is 9.59 Å². The normalized spacial score (nSPS) is 17.7. The number of benzene rings is 1. The van der Waals surface area contributed by atoms with Crippen LogP contribution in [0.1, 0.15) is 38.7 Å². The van der Waals surface area contributed by atoms with Gasteiger partial charge in [0.05, 0.1) is 6.54 Å². The zero-order valence-corrected chi connectivity index (χ0v) is 14.3. The van der Waals surface area contributed by atoms with Crippen LogP contribution in [0.3, 0.4) is 0 Å². The Morgan fingerprint density at radius 1 is 1.35 bits per heavy atom. The lowest BCUT2D eigenvalue weighted by Gasteiger charge is -2.31. The Balaban J connectivity index is 1.95. The monoisotopic (exact) mass is 317 g/mol. The zero-order valence-electron chi connectivity index (χ0n) is 14.3. The van der Waals surface area contributed by atoms with E-state index < -0.39 is 0 Å². The number of piperidine rings is 1. The molecule has 126 valence electrons. The molecule has 0 saturated carbocycles. The number of rotatable bonds is 5. The molecule has 2 amide bonds. The maximum atomic E-state index is 12.3. The Morgan fingerprint density at radius 2 is 2.13 bits per heavy atom. The summed E-state index contributed by atoms with van der Waals surface area (Å²) in [7, 11) is 0. The van der Waals surface area contributed by atoms with Gasteiger partial charge in [-0.25, -0.2) is 0 Å². The first-order chi connectivity index (χ1) is 11.0. The van der Waals surface area contributed by atoms with Crippen molar-refractivity contribution < 1.29 is 9.59 Å². The SMILES string of the molecule is CCC(=O)Nc1ccc(C)c(NCC(=O)N2CCC[C@H](C)C2)c1. The Labute approximate surface area is 138 Å². The van der Waals surface area contributed by atoms with Gasteiger partial charge in [-0.2, -0.15) is 0 Å². The van der Waals surface area contributed by atoms with E-state index in [1.165, 1.54) is 6.42 Å². The van der Waals surface area contributed by atoms with Crippen molar-refractivity contribution in [2.75, 3.05) is 30.3 Å². The highest BCUT2D eigenvalue weighted by Gasteiger charge is 2.20. The first-order valence-corrected chi connectivity index (χ1v) is 8.41. The van der Waals surface area contributed by atoms with E-state index in [4.69, 9.17) is 0 Å². The fourth-order valence-electron chi connectivity index (χ4n) is 2.84. The van der Waals surface area contributed by atoms with Crippen molar-refractivity contribution in [2.24, 2.45) is 5.92 Å². The highest BCUT2D eigenvalue weighted by molar-refractivity contribution is 5.91. The number of aryl methyl sites for hydroxylation is 1. The second-order valence-corrected chi connectivity index (χ2v) is 6.37. The maximum absolute atomic E-state index is 12.3. The molecule has 0 spiro atoms. The Bertz CT molecular complexity index is 571. The summed E-state index contributed by atoms with van der Waals surface area (Å²) in [6, 6.07) is 5.71. The van der Waals surface area contributed by atoms with Crippen molar-refractivity contribution >= 4 is 23.2 Å². The largest absolute Gasteiger partial charge is 0.376 e. The van der Waals surface area contributed by atoms with Crippen LogP contribution in [0.15, 0.2) is 18.2 Å². The molecule has 2 rings (SSSR count). The number of likely N-dealkylation sites (tertiary alicyclic amines) is 1. The van der Waals surface area contributed by atoms with Crippen LogP contribution in [0.5, 0.6) is 0 Å². The number of nitrogens with one attached hydrogen (secondary N) is 2. The van der Waals surface area contributed by atoms with Gasteiger partial charge in [-0.05, 0) is 43.4 Å². The number of anilines is 2. The summed E-state index contributed by atoms with van der Waals surface area (Å²) in [5, 5.41) is 6.06. The number of nitrogens with zero attached hydrogens (tertiary/aromatic N) is 1. The van der Waals surface area contributed by atoms with Crippen LogP contribution in [0.25, 0.3) is 0 Å². The van der Waals surface area contributed by atoms with E-state index in [0.29, 0.717) is 18.9 Å². The summed E-state index contributed by atoms with van der Waals surface area (Å²) in [5.41, 5.74) is 2.70. The van der Waals surface area contributed by atoms with E-state index in [-0.39, 0.29) is 11.8 Å². The highest BCUT2D eigenvalue weighted by atomic mass is 16.2. The molecule has 2 N–H and O–H groups in total. The Kier molecular flexibility index (Phi) is 6.02. The van der Waals surface area contributed by atoms with E-state index in [9.17, 15) is 9.59 Å². The van der Waals surface area contributed by atoms with E-state index in [0.717, 1.165) is 36.4 Å². The van der Waals surface area contributed by atoms with Crippen molar-refractivity contribution in [1.29, 1.82) is 0 Å². The zero-order chi connectivity index (χ0) is 16.8. The summed E-state index contributed by atoms with van der Waals surface area (Å²) < 4.78 is 0. The molecule has 1 fully saturated rings. The summed E-state index contributed by atoms with van der Waals surface area (Å²) in [5.74, 6) is 0.708. The van der Waals surface area contributed by atoms with Crippen LogP contribution in [-0.4, -0.2) is 36.3 Å². The molecule has 5 nitrogen and oxygen atoms in total. The van der Waals surface area contributed by atoms with Crippen molar-refractivity contribution in [3.63, 3.8) is 0 Å². The standard InChI is InChI=1S/C18H27N3O2/c1-4-17(22)20-15-8-7-14(3)16(10-15)19-11-18(23)21-9-5-6-13(2)12-21/h7-8,10,13,19H,4-6,9,11-12H2,1-3H3,(H,20,22)/t13-/m0/s1. The predicted molar refractivity (Wildman–Crippen MR) is 93.6 cm³/mol.